The van der Waals surface area contributed by atoms with Gasteiger partial charge in [-0.25, -0.2) is 0 Å². The van der Waals surface area contributed by atoms with Crippen LogP contribution in [-0.4, -0.2) is 35.6 Å². The summed E-state index contributed by atoms with van der Waals surface area (Å²) in [7, 11) is 1.55. The summed E-state index contributed by atoms with van der Waals surface area (Å²) in [6, 6.07) is 8.09. The van der Waals surface area contributed by atoms with Crippen molar-refractivity contribution in [1.29, 1.82) is 0 Å². The van der Waals surface area contributed by atoms with Crippen molar-refractivity contribution in [3.8, 4) is 0 Å². The topological polar surface area (TPSA) is 49.4 Å². The smallest absolute Gasteiger partial charge is 0.246 e. The molecule has 1 N–H and O–H groups in total. The van der Waals surface area contributed by atoms with Crippen LogP contribution in [0, 0.1) is 0 Å². The Morgan fingerprint density at radius 3 is 2.79 bits per heavy atom. The molecule has 1 aromatic carbocycles. The van der Waals surface area contributed by atoms with Crippen LogP contribution in [-0.2, 0) is 15.3 Å². The zero-order valence-electron chi connectivity index (χ0n) is 10.8. The van der Waals surface area contributed by atoms with Gasteiger partial charge in [0.25, 0.3) is 0 Å². The second-order valence-electron chi connectivity index (χ2n) is 4.98. The summed E-state index contributed by atoms with van der Waals surface area (Å²) >= 11 is 1.86. The Balaban J connectivity index is 1.79. The van der Waals surface area contributed by atoms with Crippen LogP contribution < -0.4 is 5.32 Å². The number of carbonyl (C=O) groups excluding carboxylic acids is 2. The molecule has 0 radical (unpaired) electrons. The summed E-state index contributed by atoms with van der Waals surface area (Å²) < 4.78 is 0. The number of hydrogen-bond acceptors (Lipinski definition) is 4. The molecule has 0 bridgehead atoms. The largest absolute Gasteiger partial charge is 0.298 e. The van der Waals surface area contributed by atoms with E-state index in [1.807, 2.05) is 23.9 Å². The van der Waals surface area contributed by atoms with Crippen LogP contribution in [0.5, 0.6) is 0 Å². The average molecular weight is 276 g/mol. The van der Waals surface area contributed by atoms with E-state index in [2.05, 4.69) is 17.4 Å². The lowest BCUT2D eigenvalue weighted by Gasteiger charge is -2.28. The van der Waals surface area contributed by atoms with E-state index in [0.29, 0.717) is 0 Å². The van der Waals surface area contributed by atoms with Crippen LogP contribution in [0.2, 0.25) is 0 Å². The maximum absolute atomic E-state index is 11.9. The standard InChI is InChI=1S/C14H16N2O2S/c1-16-13(17)6-11(14(16)18)15-12-8-19-7-9-4-2-3-5-10(9)12/h2-5,11-12,15H,6-8H2,1H3. The highest BCUT2D eigenvalue weighted by molar-refractivity contribution is 7.98. The zero-order valence-corrected chi connectivity index (χ0v) is 11.6. The molecule has 0 saturated carbocycles. The molecule has 2 atom stereocenters. The van der Waals surface area contributed by atoms with Gasteiger partial charge in [-0.3, -0.25) is 19.8 Å². The summed E-state index contributed by atoms with van der Waals surface area (Å²) in [6.07, 6.45) is 0.276. The van der Waals surface area contributed by atoms with Crippen LogP contribution in [0.3, 0.4) is 0 Å². The zero-order chi connectivity index (χ0) is 13.4. The van der Waals surface area contributed by atoms with Crippen molar-refractivity contribution < 1.29 is 9.59 Å². The Morgan fingerprint density at radius 2 is 2.05 bits per heavy atom. The number of benzene rings is 1. The van der Waals surface area contributed by atoms with Crippen LogP contribution in [0.25, 0.3) is 0 Å². The average Bonchev–Trinajstić information content (AvgIpc) is 2.67. The Labute approximate surface area is 116 Å². The lowest BCUT2D eigenvalue weighted by molar-refractivity contribution is -0.137. The van der Waals surface area contributed by atoms with Gasteiger partial charge in [-0.2, -0.15) is 11.8 Å². The van der Waals surface area contributed by atoms with E-state index in [0.717, 1.165) is 11.5 Å². The van der Waals surface area contributed by atoms with Gasteiger partial charge in [0, 0.05) is 24.6 Å². The first kappa shape index (κ1) is 12.7. The quantitative estimate of drug-likeness (QED) is 0.828. The van der Waals surface area contributed by atoms with Crippen LogP contribution in [0.4, 0.5) is 0 Å². The second-order valence-corrected chi connectivity index (χ2v) is 6.01. The number of carbonyl (C=O) groups is 2. The molecule has 2 amide bonds. The highest BCUT2D eigenvalue weighted by Gasteiger charge is 2.37. The Morgan fingerprint density at radius 1 is 1.26 bits per heavy atom. The highest BCUT2D eigenvalue weighted by Crippen LogP contribution is 2.32. The number of fused-ring (bicyclic) bond motifs is 1. The highest BCUT2D eigenvalue weighted by atomic mass is 32.2. The molecule has 2 heterocycles. The van der Waals surface area contributed by atoms with Crippen molar-refractivity contribution in [3.05, 3.63) is 35.4 Å². The number of thioether (sulfide) groups is 1. The number of likely N-dealkylation sites (tertiary alicyclic amines) is 1. The van der Waals surface area contributed by atoms with Crippen molar-refractivity contribution in [3.63, 3.8) is 0 Å². The summed E-state index contributed by atoms with van der Waals surface area (Å²) in [5.74, 6) is 1.75. The molecule has 1 fully saturated rings. The molecule has 19 heavy (non-hydrogen) atoms. The van der Waals surface area contributed by atoms with Gasteiger partial charge in [-0.1, -0.05) is 24.3 Å². The number of rotatable bonds is 2. The SMILES string of the molecule is CN1C(=O)CC(NC2CSCc3ccccc32)C1=O. The minimum atomic E-state index is -0.366. The van der Waals surface area contributed by atoms with Gasteiger partial charge in [0.1, 0.15) is 0 Å². The van der Waals surface area contributed by atoms with E-state index in [9.17, 15) is 9.59 Å². The minimum Gasteiger partial charge on any atom is -0.298 e. The third kappa shape index (κ3) is 2.28. The van der Waals surface area contributed by atoms with Crippen LogP contribution >= 0.6 is 11.8 Å². The maximum atomic E-state index is 11.9. The lowest BCUT2D eigenvalue weighted by atomic mass is 10.0. The summed E-state index contributed by atoms with van der Waals surface area (Å²) in [5.41, 5.74) is 2.58. The van der Waals surface area contributed by atoms with E-state index >= 15 is 0 Å². The number of amides is 2. The van der Waals surface area contributed by atoms with Gasteiger partial charge in [0.05, 0.1) is 12.5 Å². The van der Waals surface area contributed by atoms with Crippen LogP contribution in [0.15, 0.2) is 24.3 Å². The van der Waals surface area contributed by atoms with E-state index < -0.39 is 0 Å². The van der Waals surface area contributed by atoms with Crippen molar-refractivity contribution in [1.82, 2.24) is 10.2 Å². The molecule has 0 spiro atoms. The third-order valence-electron chi connectivity index (χ3n) is 3.76. The molecular formula is C14H16N2O2S. The van der Waals surface area contributed by atoms with Crippen molar-refractivity contribution in [2.45, 2.75) is 24.3 Å². The van der Waals surface area contributed by atoms with Gasteiger partial charge >= 0.3 is 0 Å². The Hall–Kier alpha value is -1.33. The number of hydrogen-bond donors (Lipinski definition) is 1. The molecule has 2 aliphatic heterocycles. The predicted molar refractivity (Wildman–Crippen MR) is 74.7 cm³/mol. The first-order valence-corrected chi connectivity index (χ1v) is 7.54. The van der Waals surface area contributed by atoms with Gasteiger partial charge in [-0.05, 0) is 11.1 Å². The molecule has 5 heteroatoms. The van der Waals surface area contributed by atoms with Gasteiger partial charge < -0.3 is 0 Å². The number of likely N-dealkylation sites (N-methyl/N-ethyl adjacent to an activating group) is 1. The molecule has 100 valence electrons. The molecule has 4 nitrogen and oxygen atoms in total. The van der Waals surface area contributed by atoms with Crippen molar-refractivity contribution >= 4 is 23.6 Å². The molecule has 0 aromatic heterocycles. The normalized spacial score (nSPS) is 26.7. The minimum absolute atomic E-state index is 0.0979. The fourth-order valence-electron chi connectivity index (χ4n) is 2.65. The molecule has 2 aliphatic rings. The molecular weight excluding hydrogens is 260 g/mol. The van der Waals surface area contributed by atoms with Gasteiger partial charge in [-0.15, -0.1) is 0 Å². The Bertz CT molecular complexity index is 532. The second kappa shape index (κ2) is 4.98. The fraction of sp³-hybridized carbons (Fsp3) is 0.429. The van der Waals surface area contributed by atoms with E-state index in [1.165, 1.54) is 16.0 Å². The summed E-state index contributed by atoms with van der Waals surface area (Å²) in [5, 5.41) is 3.35. The molecule has 0 aliphatic carbocycles. The van der Waals surface area contributed by atoms with Gasteiger partial charge in [0.15, 0.2) is 0 Å². The molecule has 3 rings (SSSR count). The molecule has 2 unspecified atom stereocenters. The molecule has 1 aromatic rings. The number of nitrogens with zero attached hydrogens (tertiary/aromatic N) is 1. The summed E-state index contributed by atoms with van der Waals surface area (Å²) in [4.78, 5) is 24.7. The maximum Gasteiger partial charge on any atom is 0.246 e. The number of nitrogens with one attached hydrogen (secondary N) is 1. The van der Waals surface area contributed by atoms with E-state index in [4.69, 9.17) is 0 Å². The van der Waals surface area contributed by atoms with E-state index in [-0.39, 0.29) is 30.3 Å². The Kier molecular flexibility index (Phi) is 3.33. The van der Waals surface area contributed by atoms with Gasteiger partial charge in [0.2, 0.25) is 11.8 Å². The monoisotopic (exact) mass is 276 g/mol. The number of imide groups is 1. The first-order valence-electron chi connectivity index (χ1n) is 6.39. The summed E-state index contributed by atoms with van der Waals surface area (Å²) in [6.45, 7) is 0. The first-order chi connectivity index (χ1) is 9.16. The third-order valence-corrected chi connectivity index (χ3v) is 4.84. The van der Waals surface area contributed by atoms with E-state index in [1.54, 1.807) is 7.05 Å². The lowest BCUT2D eigenvalue weighted by Crippen LogP contribution is -2.40. The van der Waals surface area contributed by atoms with Crippen molar-refractivity contribution in [2.75, 3.05) is 12.8 Å². The van der Waals surface area contributed by atoms with Crippen LogP contribution in [0.1, 0.15) is 23.6 Å². The molecule has 1 saturated heterocycles. The predicted octanol–water partition coefficient (Wildman–Crippen LogP) is 1.32. The fourth-order valence-corrected chi connectivity index (χ4v) is 3.76. The van der Waals surface area contributed by atoms with Crippen molar-refractivity contribution in [2.24, 2.45) is 0 Å².